The van der Waals surface area contributed by atoms with E-state index >= 15 is 0 Å². The van der Waals surface area contributed by atoms with Crippen LogP contribution in [0.25, 0.3) is 11.2 Å². The first-order valence-corrected chi connectivity index (χ1v) is 6.25. The van der Waals surface area contributed by atoms with Crippen LogP contribution in [0.5, 0.6) is 0 Å². The lowest BCUT2D eigenvalue weighted by Gasteiger charge is -2.27. The Labute approximate surface area is 112 Å². The minimum Gasteiger partial charge on any atom is -0.388 e. The number of fused-ring (bicyclic) bond motifs is 1. The van der Waals surface area contributed by atoms with Gasteiger partial charge >= 0.3 is 0 Å². The number of nitrogens with one attached hydrogen (secondary N) is 1. The lowest BCUT2D eigenvalue weighted by molar-refractivity contribution is 0.680. The molecule has 3 N–H and O–H groups in total. The maximum Gasteiger partial charge on any atom is 0.180 e. The standard InChI is InChI=1S/C13H18N6/c1-9(2)19(8-5-11(14)15)12-4-3-10-13(18-12)17-7-6-16-10/h3-4,6-7,9H,5,8H2,1-2H3,(H3,14,15). The van der Waals surface area contributed by atoms with E-state index in [2.05, 4.69) is 33.7 Å². The van der Waals surface area contributed by atoms with Gasteiger partial charge in [-0.1, -0.05) is 0 Å². The van der Waals surface area contributed by atoms with Gasteiger partial charge in [-0.05, 0) is 26.0 Å². The molecule has 2 rings (SSSR count). The molecule has 0 spiro atoms. The van der Waals surface area contributed by atoms with Crippen LogP contribution in [0, 0.1) is 5.41 Å². The van der Waals surface area contributed by atoms with Crippen molar-refractivity contribution in [1.82, 2.24) is 15.0 Å². The van der Waals surface area contributed by atoms with Crippen molar-refractivity contribution in [3.63, 3.8) is 0 Å². The highest BCUT2D eigenvalue weighted by Crippen LogP contribution is 2.17. The number of aromatic nitrogens is 3. The molecule has 6 nitrogen and oxygen atoms in total. The van der Waals surface area contributed by atoms with Gasteiger partial charge in [0.1, 0.15) is 11.3 Å². The summed E-state index contributed by atoms with van der Waals surface area (Å²) in [6.07, 6.45) is 3.81. The maximum absolute atomic E-state index is 7.33. The number of hydrogen-bond acceptors (Lipinski definition) is 5. The average Bonchev–Trinajstić information content (AvgIpc) is 2.38. The van der Waals surface area contributed by atoms with Crippen molar-refractivity contribution >= 4 is 22.8 Å². The SMILES string of the molecule is CC(C)N(CCC(=N)N)c1ccc2nccnc2n1. The van der Waals surface area contributed by atoms with Gasteiger partial charge in [-0.2, -0.15) is 0 Å². The Morgan fingerprint density at radius 2 is 2.05 bits per heavy atom. The number of nitrogens with zero attached hydrogens (tertiary/aromatic N) is 4. The Kier molecular flexibility index (Phi) is 3.89. The van der Waals surface area contributed by atoms with E-state index < -0.39 is 0 Å². The third-order valence-electron chi connectivity index (χ3n) is 2.86. The fraction of sp³-hybridized carbons (Fsp3) is 0.385. The van der Waals surface area contributed by atoms with Gasteiger partial charge in [0.15, 0.2) is 5.65 Å². The number of anilines is 1. The first kappa shape index (κ1) is 13.2. The maximum atomic E-state index is 7.33. The topological polar surface area (TPSA) is 91.8 Å². The molecule has 0 bridgehead atoms. The predicted octanol–water partition coefficient (Wildman–Crippen LogP) is 1.57. The first-order chi connectivity index (χ1) is 9.08. The van der Waals surface area contributed by atoms with E-state index in [4.69, 9.17) is 11.1 Å². The fourth-order valence-electron chi connectivity index (χ4n) is 1.88. The van der Waals surface area contributed by atoms with E-state index in [1.807, 2.05) is 12.1 Å². The van der Waals surface area contributed by atoms with Crippen molar-refractivity contribution in [2.24, 2.45) is 5.73 Å². The molecule has 6 heteroatoms. The Bertz CT molecular complexity index is 580. The molecule has 0 aromatic carbocycles. The number of amidine groups is 1. The van der Waals surface area contributed by atoms with Crippen LogP contribution in [0.3, 0.4) is 0 Å². The largest absolute Gasteiger partial charge is 0.388 e. The summed E-state index contributed by atoms with van der Waals surface area (Å²) in [7, 11) is 0. The summed E-state index contributed by atoms with van der Waals surface area (Å²) in [6.45, 7) is 4.84. The van der Waals surface area contributed by atoms with Crippen LogP contribution in [0.1, 0.15) is 20.3 Å². The van der Waals surface area contributed by atoms with Gasteiger partial charge in [0.05, 0.1) is 5.84 Å². The molecule has 0 unspecified atom stereocenters. The molecule has 0 saturated heterocycles. The van der Waals surface area contributed by atoms with Crippen LogP contribution in [-0.4, -0.2) is 33.4 Å². The van der Waals surface area contributed by atoms with Crippen LogP contribution in [0.4, 0.5) is 5.82 Å². The van der Waals surface area contributed by atoms with E-state index in [-0.39, 0.29) is 11.9 Å². The van der Waals surface area contributed by atoms with Crippen LogP contribution in [-0.2, 0) is 0 Å². The van der Waals surface area contributed by atoms with Crippen LogP contribution < -0.4 is 10.6 Å². The zero-order chi connectivity index (χ0) is 13.8. The zero-order valence-corrected chi connectivity index (χ0v) is 11.2. The molecule has 0 saturated carbocycles. The summed E-state index contributed by atoms with van der Waals surface area (Å²) in [4.78, 5) is 15.0. The molecule has 0 aliphatic carbocycles. The monoisotopic (exact) mass is 258 g/mol. The normalized spacial score (nSPS) is 10.9. The number of hydrogen-bond donors (Lipinski definition) is 2. The summed E-state index contributed by atoms with van der Waals surface area (Å²) in [5.74, 6) is 1.02. The molecule has 0 aliphatic heterocycles. The predicted molar refractivity (Wildman–Crippen MR) is 76.3 cm³/mol. The average molecular weight is 258 g/mol. The highest BCUT2D eigenvalue weighted by atomic mass is 15.2. The number of pyridine rings is 1. The zero-order valence-electron chi connectivity index (χ0n) is 11.2. The summed E-state index contributed by atoms with van der Waals surface area (Å²) < 4.78 is 0. The second-order valence-electron chi connectivity index (χ2n) is 4.63. The summed E-state index contributed by atoms with van der Waals surface area (Å²) in [5.41, 5.74) is 6.84. The molecule has 2 aromatic heterocycles. The van der Waals surface area contributed by atoms with E-state index in [0.29, 0.717) is 18.6 Å². The molecular formula is C13H18N6. The third-order valence-corrected chi connectivity index (χ3v) is 2.86. The van der Waals surface area contributed by atoms with Gasteiger partial charge in [-0.25, -0.2) is 9.97 Å². The molecule has 2 heterocycles. The van der Waals surface area contributed by atoms with Crippen molar-refractivity contribution in [3.8, 4) is 0 Å². The fourth-order valence-corrected chi connectivity index (χ4v) is 1.88. The summed E-state index contributed by atoms with van der Waals surface area (Å²) >= 11 is 0. The Hall–Kier alpha value is -2.24. The van der Waals surface area contributed by atoms with Crippen molar-refractivity contribution in [2.45, 2.75) is 26.3 Å². The van der Waals surface area contributed by atoms with Gasteiger partial charge in [0.25, 0.3) is 0 Å². The van der Waals surface area contributed by atoms with Gasteiger partial charge in [-0.15, -0.1) is 0 Å². The molecule has 0 fully saturated rings. The highest BCUT2D eigenvalue weighted by Gasteiger charge is 2.13. The summed E-state index contributed by atoms with van der Waals surface area (Å²) in [5, 5.41) is 7.33. The van der Waals surface area contributed by atoms with Gasteiger partial charge in [0.2, 0.25) is 0 Å². The molecule has 19 heavy (non-hydrogen) atoms. The van der Waals surface area contributed by atoms with Gasteiger partial charge in [-0.3, -0.25) is 10.4 Å². The van der Waals surface area contributed by atoms with Crippen molar-refractivity contribution in [1.29, 1.82) is 5.41 Å². The highest BCUT2D eigenvalue weighted by molar-refractivity contribution is 5.77. The Morgan fingerprint density at radius 3 is 2.74 bits per heavy atom. The second-order valence-corrected chi connectivity index (χ2v) is 4.63. The number of nitrogens with two attached hydrogens (primary N) is 1. The molecule has 0 aliphatic rings. The smallest absolute Gasteiger partial charge is 0.180 e. The van der Waals surface area contributed by atoms with E-state index in [9.17, 15) is 0 Å². The van der Waals surface area contributed by atoms with Crippen LogP contribution in [0.15, 0.2) is 24.5 Å². The molecule has 0 radical (unpaired) electrons. The number of rotatable bonds is 5. The lowest BCUT2D eigenvalue weighted by Crippen LogP contribution is -2.34. The summed E-state index contributed by atoms with van der Waals surface area (Å²) in [6, 6.07) is 4.12. The van der Waals surface area contributed by atoms with Gasteiger partial charge < -0.3 is 10.6 Å². The van der Waals surface area contributed by atoms with Crippen molar-refractivity contribution < 1.29 is 0 Å². The lowest BCUT2D eigenvalue weighted by atomic mass is 10.2. The molecular weight excluding hydrogens is 240 g/mol. The van der Waals surface area contributed by atoms with E-state index in [1.54, 1.807) is 12.4 Å². The molecule has 0 atom stereocenters. The molecule has 0 amide bonds. The van der Waals surface area contributed by atoms with E-state index in [1.165, 1.54) is 0 Å². The van der Waals surface area contributed by atoms with Gasteiger partial charge in [0, 0.05) is 31.4 Å². The molecule has 100 valence electrons. The van der Waals surface area contributed by atoms with Crippen LogP contribution in [0.2, 0.25) is 0 Å². The molecule has 2 aromatic rings. The Balaban J connectivity index is 2.30. The van der Waals surface area contributed by atoms with Crippen LogP contribution >= 0.6 is 0 Å². The second kappa shape index (κ2) is 5.60. The van der Waals surface area contributed by atoms with Crippen molar-refractivity contribution in [3.05, 3.63) is 24.5 Å². The minimum atomic E-state index is 0.186. The Morgan fingerprint density at radius 1 is 1.32 bits per heavy atom. The van der Waals surface area contributed by atoms with E-state index in [0.717, 1.165) is 11.3 Å². The quantitative estimate of drug-likeness (QED) is 0.627. The third kappa shape index (κ3) is 3.15. The minimum absolute atomic E-state index is 0.186. The van der Waals surface area contributed by atoms with Crippen molar-refractivity contribution in [2.75, 3.05) is 11.4 Å². The first-order valence-electron chi connectivity index (χ1n) is 6.25.